The van der Waals surface area contributed by atoms with Gasteiger partial charge in [-0.25, -0.2) is 33.9 Å². The highest BCUT2D eigenvalue weighted by Gasteiger charge is 2.32. The average Bonchev–Trinajstić information content (AvgIpc) is 1.45. The molecular formula is C67H86Cl4N20O8S3. The first-order valence-electron chi connectivity index (χ1n) is 33.6. The van der Waals surface area contributed by atoms with Crippen LogP contribution in [0.2, 0.25) is 20.1 Å². The summed E-state index contributed by atoms with van der Waals surface area (Å²) in [5.74, 6) is 0.281. The lowest BCUT2D eigenvalue weighted by Gasteiger charge is -2.40. The molecular weight excluding hydrogens is 1450 g/mol. The number of aromatic amines is 5. The molecule has 6 N–H and O–H groups in total. The lowest BCUT2D eigenvalue weighted by Crippen LogP contribution is -2.53. The molecule has 548 valence electrons. The summed E-state index contributed by atoms with van der Waals surface area (Å²) in [4.78, 5) is 35.7. The number of sulfonamides is 3. The molecule has 0 aliphatic carbocycles. The quantitative estimate of drug-likeness (QED) is 0.0783. The van der Waals surface area contributed by atoms with Crippen LogP contribution in [-0.4, -0.2) is 252 Å². The number of carbonyl (C=O) groups is 2. The van der Waals surface area contributed by atoms with Gasteiger partial charge in [0.05, 0.1) is 77.3 Å². The number of fused-ring (bicyclic) bond motifs is 5. The third kappa shape index (κ3) is 18.4. The Hall–Kier alpha value is -7.72. The zero-order valence-corrected chi connectivity index (χ0v) is 63.3. The van der Waals surface area contributed by atoms with Gasteiger partial charge in [0.2, 0.25) is 41.9 Å². The van der Waals surface area contributed by atoms with Crippen molar-refractivity contribution in [3.05, 3.63) is 118 Å². The first kappa shape index (κ1) is 75.4. The number of H-pyrrole nitrogens is 5. The molecule has 2 unspecified atom stereocenters. The van der Waals surface area contributed by atoms with Crippen LogP contribution in [0.15, 0.2) is 97.7 Å². The van der Waals surface area contributed by atoms with E-state index in [0.29, 0.717) is 78.5 Å². The van der Waals surface area contributed by atoms with E-state index in [-0.39, 0.29) is 23.9 Å². The number of piperazine rings is 2. The van der Waals surface area contributed by atoms with Crippen molar-refractivity contribution < 1.29 is 34.8 Å². The Labute approximate surface area is 613 Å². The largest absolute Gasteiger partial charge is 0.382 e. The monoisotopic (exact) mass is 1530 g/mol. The minimum atomic E-state index is -3.16. The number of anilines is 5. The second-order valence-electron chi connectivity index (χ2n) is 26.3. The zero-order valence-electron chi connectivity index (χ0n) is 57.9. The van der Waals surface area contributed by atoms with E-state index in [4.69, 9.17) is 46.4 Å². The highest BCUT2D eigenvalue weighted by molar-refractivity contribution is 7.88. The second kappa shape index (κ2) is 32.5. The Balaban J connectivity index is 0.000000128. The van der Waals surface area contributed by atoms with Crippen molar-refractivity contribution in [2.45, 2.75) is 71.5 Å². The molecule has 10 aromatic rings. The fourth-order valence-corrected chi connectivity index (χ4v) is 17.7. The minimum Gasteiger partial charge on any atom is -0.382 e. The summed E-state index contributed by atoms with van der Waals surface area (Å²) in [7, 11) is -9.35. The van der Waals surface area contributed by atoms with Crippen molar-refractivity contribution in [1.82, 2.24) is 73.7 Å². The standard InChI is InChI=1S/2C14H17ClN4O.2C13H17ClN4O2S.C13H18N4O2S/c1-9-8-18(3-4-19(9)10(2)20)14-6-11(15)5-13-12(14)7-16-17-13;1-10(20)18-3-2-4-19(6-5-18)14-8-11(15)7-13-12(14)9-16-17-13;1-9-8-17(3-4-18(9)21(2,19)20)13-6-10(14)5-12-11(13)7-15-16-12;1-21(19,20)18-4-2-3-17(5-6-18)13-8-10(14)7-12-11(13)9-15-16-12;1-20(18,19)17-7-5-10(6-8-17)15-12-3-2-4-13-11(12)9-14-16-13/h5-7,9H,3-4,8H2,1-2H3,(H,16,17);7-9H,2-6H2,1H3,(H,16,17);5-7,9H,3-4,8H2,1-2H3,(H,15,16);7-9H,2-6H2,1H3,(H,15,16);2-4,9-10,15H,5-8H2,1H3,(H,14,16). The van der Waals surface area contributed by atoms with Gasteiger partial charge in [-0.1, -0.05) is 52.5 Å². The Morgan fingerprint density at radius 3 is 1.26 bits per heavy atom. The van der Waals surface area contributed by atoms with E-state index < -0.39 is 30.1 Å². The van der Waals surface area contributed by atoms with Gasteiger partial charge in [-0.05, 0) is 100 Å². The number of benzene rings is 5. The third-order valence-corrected chi connectivity index (χ3v) is 23.9. The van der Waals surface area contributed by atoms with Crippen molar-refractivity contribution >= 4 is 171 Å². The maximum Gasteiger partial charge on any atom is 0.219 e. The Kier molecular flexibility index (Phi) is 24.1. The molecule has 15 rings (SSSR count). The number of piperidine rings is 1. The summed E-state index contributed by atoms with van der Waals surface area (Å²) in [6.45, 7) is 18.3. The SMILES string of the molecule is CC(=O)N1CCCN(c2cc(Cl)cc3[nH]ncc23)CC1.CC(=O)N1CCN(c2cc(Cl)cc3[nH]ncc23)CC1C.CC1CN(c2cc(Cl)cc3[nH]ncc23)CCN1S(C)(=O)=O.CS(=O)(=O)N1CCC(Nc2cccc3[nH]ncc23)CC1.CS(=O)(=O)N1CCCN(c2cc(Cl)cc3[nH]ncc23)CC1. The molecule has 0 saturated carbocycles. The molecule has 5 saturated heterocycles. The first-order valence-corrected chi connectivity index (χ1v) is 40.7. The normalized spacial score (nSPS) is 18.8. The molecule has 0 spiro atoms. The summed E-state index contributed by atoms with van der Waals surface area (Å²) in [5, 5.41) is 46.4. The van der Waals surface area contributed by atoms with E-state index in [0.717, 1.165) is 161 Å². The molecule has 102 heavy (non-hydrogen) atoms. The Morgan fingerprint density at radius 1 is 0.431 bits per heavy atom. The number of hydrogen-bond donors (Lipinski definition) is 6. The van der Waals surface area contributed by atoms with E-state index >= 15 is 0 Å². The van der Waals surface area contributed by atoms with Gasteiger partial charge in [0.25, 0.3) is 0 Å². The fourth-order valence-electron chi connectivity index (χ4n) is 13.9. The van der Waals surface area contributed by atoms with Crippen LogP contribution in [0.5, 0.6) is 0 Å². The van der Waals surface area contributed by atoms with Gasteiger partial charge in [0, 0.05) is 212 Å². The number of hydrogen-bond acceptors (Lipinski definition) is 18. The maximum absolute atomic E-state index is 11.7. The fraction of sp³-hybridized carbons (Fsp3) is 0.448. The molecule has 0 bridgehead atoms. The van der Waals surface area contributed by atoms with E-state index in [2.05, 4.69) is 82.8 Å². The maximum atomic E-state index is 11.7. The van der Waals surface area contributed by atoms with E-state index in [1.165, 1.54) is 23.1 Å². The van der Waals surface area contributed by atoms with Crippen molar-refractivity contribution in [3.8, 4) is 0 Å². The van der Waals surface area contributed by atoms with Gasteiger partial charge in [-0.15, -0.1) is 0 Å². The van der Waals surface area contributed by atoms with Crippen molar-refractivity contribution in [1.29, 1.82) is 0 Å². The van der Waals surface area contributed by atoms with Gasteiger partial charge >= 0.3 is 0 Å². The van der Waals surface area contributed by atoms with Gasteiger partial charge in [-0.3, -0.25) is 35.1 Å². The summed E-state index contributed by atoms with van der Waals surface area (Å²) < 4.78 is 74.4. The molecule has 5 aromatic heterocycles. The van der Waals surface area contributed by atoms with E-state index in [1.54, 1.807) is 34.9 Å². The van der Waals surface area contributed by atoms with Gasteiger partial charge in [0.1, 0.15) is 0 Å². The zero-order chi connectivity index (χ0) is 72.8. The Bertz CT molecular complexity index is 4790. The molecule has 5 aliphatic rings. The number of carbonyl (C=O) groups excluding carboxylic acids is 2. The molecule has 35 heteroatoms. The van der Waals surface area contributed by atoms with Gasteiger partial charge in [-0.2, -0.15) is 29.8 Å². The van der Waals surface area contributed by atoms with Crippen LogP contribution in [-0.2, 0) is 39.7 Å². The number of halogens is 4. The molecule has 10 heterocycles. The van der Waals surface area contributed by atoms with Gasteiger partial charge < -0.3 is 34.7 Å². The van der Waals surface area contributed by atoms with E-state index in [1.807, 2.05) is 102 Å². The lowest BCUT2D eigenvalue weighted by atomic mass is 10.1. The molecule has 2 atom stereocenters. The average molecular weight is 1540 g/mol. The smallest absolute Gasteiger partial charge is 0.219 e. The predicted molar refractivity (Wildman–Crippen MR) is 408 cm³/mol. The topological polar surface area (TPSA) is 321 Å². The van der Waals surface area contributed by atoms with Gasteiger partial charge in [0.15, 0.2) is 0 Å². The highest BCUT2D eigenvalue weighted by atomic mass is 35.5. The van der Waals surface area contributed by atoms with E-state index in [9.17, 15) is 34.8 Å². The summed E-state index contributed by atoms with van der Waals surface area (Å²) in [5.41, 5.74) is 9.88. The number of aromatic nitrogens is 10. The number of amides is 2. The number of nitrogens with one attached hydrogen (secondary N) is 6. The van der Waals surface area contributed by atoms with Crippen LogP contribution in [0.1, 0.15) is 53.4 Å². The molecule has 5 aromatic carbocycles. The minimum absolute atomic E-state index is 0.0744. The van der Waals surface area contributed by atoms with Crippen LogP contribution >= 0.6 is 46.4 Å². The first-order chi connectivity index (χ1) is 48.6. The number of nitrogens with zero attached hydrogens (tertiary/aromatic N) is 14. The second-order valence-corrected chi connectivity index (χ2v) is 33.9. The Morgan fingerprint density at radius 2 is 0.833 bits per heavy atom. The third-order valence-electron chi connectivity index (χ3n) is 19.0. The van der Waals surface area contributed by atoms with Crippen LogP contribution in [0.25, 0.3) is 54.5 Å². The van der Waals surface area contributed by atoms with Crippen molar-refractivity contribution in [2.24, 2.45) is 0 Å². The predicted octanol–water partition coefficient (Wildman–Crippen LogP) is 9.32. The molecule has 5 fully saturated rings. The molecule has 28 nitrogen and oxygen atoms in total. The van der Waals surface area contributed by atoms with Crippen LogP contribution in [0.3, 0.4) is 0 Å². The number of rotatable bonds is 9. The highest BCUT2D eigenvalue weighted by Crippen LogP contribution is 2.36. The summed E-state index contributed by atoms with van der Waals surface area (Å²) in [6, 6.07) is 21.6. The molecule has 0 radical (unpaired) electrons. The molecule has 2 amide bonds. The summed E-state index contributed by atoms with van der Waals surface area (Å²) in [6.07, 6.45) is 16.2. The van der Waals surface area contributed by atoms with Crippen molar-refractivity contribution in [2.75, 3.05) is 148 Å². The summed E-state index contributed by atoms with van der Waals surface area (Å²) >= 11 is 24.7. The van der Waals surface area contributed by atoms with Crippen molar-refractivity contribution in [3.63, 3.8) is 0 Å². The van der Waals surface area contributed by atoms with Crippen LogP contribution in [0, 0.1) is 0 Å². The molecule has 5 aliphatic heterocycles. The lowest BCUT2D eigenvalue weighted by molar-refractivity contribution is -0.131. The van der Waals surface area contributed by atoms with Crippen LogP contribution < -0.4 is 24.9 Å². The van der Waals surface area contributed by atoms with Crippen LogP contribution in [0.4, 0.5) is 28.4 Å².